The lowest BCUT2D eigenvalue weighted by Crippen LogP contribution is -2.34. The second-order valence-corrected chi connectivity index (χ2v) is 6.29. The van der Waals surface area contributed by atoms with E-state index in [0.717, 1.165) is 23.4 Å². The van der Waals surface area contributed by atoms with Crippen LogP contribution in [-0.2, 0) is 11.2 Å². The van der Waals surface area contributed by atoms with Gasteiger partial charge in [-0.25, -0.2) is 0 Å². The van der Waals surface area contributed by atoms with Gasteiger partial charge in [0.15, 0.2) is 5.96 Å². The smallest absolute Gasteiger partial charge is 0.225 e. The third-order valence-electron chi connectivity index (χ3n) is 4.47. The molecule has 27 heavy (non-hydrogen) atoms. The fraction of sp³-hybridized carbons (Fsp3) is 0.300. The molecule has 0 radical (unpaired) electrons. The minimum absolute atomic E-state index is 0. The van der Waals surface area contributed by atoms with Crippen molar-refractivity contribution < 1.29 is 9.53 Å². The summed E-state index contributed by atoms with van der Waals surface area (Å²) in [4.78, 5) is 16.3. The number of guanidine groups is 1. The maximum absolute atomic E-state index is 11.8. The predicted molar refractivity (Wildman–Crippen MR) is 119 cm³/mol. The molecule has 1 atom stereocenters. The van der Waals surface area contributed by atoms with E-state index in [0.29, 0.717) is 25.5 Å². The predicted octanol–water partition coefficient (Wildman–Crippen LogP) is 2.89. The Labute approximate surface area is 176 Å². The first-order chi connectivity index (χ1) is 12.7. The van der Waals surface area contributed by atoms with Crippen LogP contribution >= 0.6 is 24.0 Å². The van der Waals surface area contributed by atoms with Crippen LogP contribution in [0.4, 0.5) is 5.69 Å². The highest BCUT2D eigenvalue weighted by molar-refractivity contribution is 14.0. The number of amides is 1. The number of ether oxygens (including phenoxy) is 1. The first kappa shape index (κ1) is 21.0. The number of carbonyl (C=O) groups is 1. The van der Waals surface area contributed by atoms with Crippen LogP contribution in [0, 0.1) is 0 Å². The van der Waals surface area contributed by atoms with Gasteiger partial charge in [0.2, 0.25) is 5.91 Å². The van der Waals surface area contributed by atoms with Gasteiger partial charge in [-0.05, 0) is 35.7 Å². The maximum Gasteiger partial charge on any atom is 0.225 e. The lowest BCUT2D eigenvalue weighted by Gasteiger charge is -2.24. The van der Waals surface area contributed by atoms with Crippen LogP contribution in [0.15, 0.2) is 53.5 Å². The summed E-state index contributed by atoms with van der Waals surface area (Å²) in [5.41, 5.74) is 9.15. The van der Waals surface area contributed by atoms with Crippen molar-refractivity contribution in [2.24, 2.45) is 10.7 Å². The number of carbonyl (C=O) groups excluding carboxylic acids is 1. The van der Waals surface area contributed by atoms with Crippen molar-refractivity contribution in [2.45, 2.75) is 18.8 Å². The second kappa shape index (κ2) is 10.1. The number of hydrogen-bond donors (Lipinski definition) is 3. The first-order valence-corrected chi connectivity index (χ1v) is 8.71. The van der Waals surface area contributed by atoms with Crippen molar-refractivity contribution in [3.8, 4) is 5.75 Å². The molecule has 2 aromatic rings. The van der Waals surface area contributed by atoms with Gasteiger partial charge in [-0.15, -0.1) is 24.0 Å². The molecule has 0 bridgehead atoms. The number of fused-ring (bicyclic) bond motifs is 1. The summed E-state index contributed by atoms with van der Waals surface area (Å²) in [5, 5.41) is 6.03. The Morgan fingerprint density at radius 2 is 2.00 bits per heavy atom. The van der Waals surface area contributed by atoms with Gasteiger partial charge in [-0.3, -0.25) is 9.79 Å². The van der Waals surface area contributed by atoms with Crippen LogP contribution in [-0.4, -0.2) is 32.1 Å². The van der Waals surface area contributed by atoms with E-state index in [4.69, 9.17) is 10.5 Å². The van der Waals surface area contributed by atoms with Gasteiger partial charge in [0.05, 0.1) is 13.7 Å². The molecule has 1 heterocycles. The number of nitrogens with one attached hydrogen (secondary N) is 2. The molecule has 144 valence electrons. The van der Waals surface area contributed by atoms with Crippen LogP contribution < -0.4 is 21.1 Å². The number of para-hydroxylation sites is 1. The summed E-state index contributed by atoms with van der Waals surface area (Å²) in [7, 11) is 1.65. The summed E-state index contributed by atoms with van der Waals surface area (Å²) in [5.74, 6) is 1.33. The van der Waals surface area contributed by atoms with Gasteiger partial charge < -0.3 is 21.1 Å². The van der Waals surface area contributed by atoms with Crippen molar-refractivity contribution in [2.75, 3.05) is 25.5 Å². The van der Waals surface area contributed by atoms with Crippen LogP contribution in [0.25, 0.3) is 0 Å². The largest absolute Gasteiger partial charge is 0.497 e. The highest BCUT2D eigenvalue weighted by Gasteiger charge is 2.24. The van der Waals surface area contributed by atoms with Gasteiger partial charge in [0, 0.05) is 24.6 Å². The zero-order valence-electron chi connectivity index (χ0n) is 15.3. The Hall–Kier alpha value is -2.29. The molecule has 0 saturated heterocycles. The minimum Gasteiger partial charge on any atom is -0.497 e. The van der Waals surface area contributed by atoms with Gasteiger partial charge in [-0.2, -0.15) is 0 Å². The van der Waals surface area contributed by atoms with Crippen molar-refractivity contribution in [3.63, 3.8) is 0 Å². The van der Waals surface area contributed by atoms with E-state index in [1.807, 2.05) is 48.5 Å². The van der Waals surface area contributed by atoms with Crippen LogP contribution in [0.1, 0.15) is 23.5 Å². The van der Waals surface area contributed by atoms with Crippen molar-refractivity contribution in [3.05, 3.63) is 59.7 Å². The molecule has 1 amide bonds. The average molecular weight is 480 g/mol. The number of halogens is 1. The van der Waals surface area contributed by atoms with Gasteiger partial charge in [0.25, 0.3) is 0 Å². The second-order valence-electron chi connectivity index (χ2n) is 6.29. The van der Waals surface area contributed by atoms with Crippen LogP contribution in [0.5, 0.6) is 5.75 Å². The maximum atomic E-state index is 11.8. The molecule has 1 aliphatic heterocycles. The number of nitrogens with zero attached hydrogens (tertiary/aromatic N) is 1. The Bertz CT molecular complexity index is 793. The lowest BCUT2D eigenvalue weighted by atomic mass is 9.91. The van der Waals surface area contributed by atoms with E-state index in [1.54, 1.807) is 7.11 Å². The number of nitrogens with two attached hydrogens (primary N) is 1. The molecule has 6 nitrogen and oxygen atoms in total. The Balaban J connectivity index is 0.00000261. The SMILES string of the molecule is COc1ccc(CCNC(N)=NCC2CC(=O)Nc3ccccc32)cc1.I. The summed E-state index contributed by atoms with van der Waals surface area (Å²) >= 11 is 0. The lowest BCUT2D eigenvalue weighted by molar-refractivity contribution is -0.116. The topological polar surface area (TPSA) is 88.7 Å². The fourth-order valence-corrected chi connectivity index (χ4v) is 3.06. The number of rotatable bonds is 6. The molecule has 1 aliphatic rings. The minimum atomic E-state index is 0. The molecule has 0 saturated carbocycles. The molecule has 7 heteroatoms. The molecule has 1 unspecified atom stereocenters. The Kier molecular flexibility index (Phi) is 7.90. The highest BCUT2D eigenvalue weighted by atomic mass is 127. The number of anilines is 1. The van der Waals surface area contributed by atoms with Gasteiger partial charge in [0.1, 0.15) is 5.75 Å². The van der Waals surface area contributed by atoms with Gasteiger partial charge >= 0.3 is 0 Å². The van der Waals surface area contributed by atoms with Gasteiger partial charge in [-0.1, -0.05) is 30.3 Å². The zero-order valence-corrected chi connectivity index (χ0v) is 17.6. The zero-order chi connectivity index (χ0) is 18.4. The summed E-state index contributed by atoms with van der Waals surface area (Å²) in [6.45, 7) is 1.19. The van der Waals surface area contributed by atoms with E-state index in [9.17, 15) is 4.79 Å². The third-order valence-corrected chi connectivity index (χ3v) is 4.47. The third kappa shape index (κ3) is 5.85. The van der Waals surface area contributed by atoms with E-state index in [-0.39, 0.29) is 35.8 Å². The summed E-state index contributed by atoms with van der Waals surface area (Å²) in [6, 6.07) is 15.8. The molecule has 0 fully saturated rings. The summed E-state index contributed by atoms with van der Waals surface area (Å²) in [6.07, 6.45) is 1.27. The van der Waals surface area contributed by atoms with E-state index in [2.05, 4.69) is 15.6 Å². The molecule has 4 N–H and O–H groups in total. The Morgan fingerprint density at radius 3 is 2.74 bits per heavy atom. The fourth-order valence-electron chi connectivity index (χ4n) is 3.06. The monoisotopic (exact) mass is 480 g/mol. The Morgan fingerprint density at radius 1 is 1.26 bits per heavy atom. The molecular formula is C20H25IN4O2. The first-order valence-electron chi connectivity index (χ1n) is 8.71. The number of methoxy groups -OCH3 is 1. The molecule has 0 spiro atoms. The number of aliphatic imine (C=N–C) groups is 1. The molecule has 2 aromatic carbocycles. The number of hydrogen-bond acceptors (Lipinski definition) is 3. The normalized spacial score (nSPS) is 16.0. The molecule has 0 aliphatic carbocycles. The highest BCUT2D eigenvalue weighted by Crippen LogP contribution is 2.31. The van der Waals surface area contributed by atoms with Crippen molar-refractivity contribution in [1.82, 2.24) is 5.32 Å². The molecule has 0 aromatic heterocycles. The summed E-state index contributed by atoms with van der Waals surface area (Å²) < 4.78 is 5.15. The number of benzene rings is 2. The van der Waals surface area contributed by atoms with Crippen LogP contribution in [0.3, 0.4) is 0 Å². The van der Waals surface area contributed by atoms with Crippen molar-refractivity contribution in [1.29, 1.82) is 0 Å². The average Bonchev–Trinajstić information content (AvgIpc) is 2.66. The van der Waals surface area contributed by atoms with Crippen LogP contribution in [0.2, 0.25) is 0 Å². The standard InChI is InChI=1S/C20H24N4O2.HI/c1-26-16-8-6-14(7-9-16)10-11-22-20(21)23-13-15-12-19(25)24-18-5-3-2-4-17(15)18;/h2-9,15H,10-13H2,1H3,(H,24,25)(H3,21,22,23);1H. The van der Waals surface area contributed by atoms with E-state index < -0.39 is 0 Å². The molecule has 3 rings (SSSR count). The quantitative estimate of drug-likeness (QED) is 0.337. The van der Waals surface area contributed by atoms with E-state index in [1.165, 1.54) is 5.56 Å². The van der Waals surface area contributed by atoms with Crippen molar-refractivity contribution >= 4 is 41.5 Å². The molecular weight excluding hydrogens is 455 g/mol. The van der Waals surface area contributed by atoms with E-state index >= 15 is 0 Å².